The molecule has 0 spiro atoms. The standard InChI is InChI=1S/C15H23N3O.HI/c1-11-5-6-13(9-12(11)2)18-14(16)17-10-15(3)7-4-8-19-15;/h5-6,9H,4,7-8,10H2,1-3H3,(H3,16,17,18);1H. The van der Waals surface area contributed by atoms with Crippen molar-refractivity contribution in [2.24, 2.45) is 10.7 Å². The van der Waals surface area contributed by atoms with Gasteiger partial charge in [-0.3, -0.25) is 4.99 Å². The second-order valence-electron chi connectivity index (χ2n) is 5.53. The maximum atomic E-state index is 5.91. The van der Waals surface area contributed by atoms with Gasteiger partial charge in [0, 0.05) is 12.3 Å². The molecule has 0 bridgehead atoms. The molecule has 0 saturated carbocycles. The van der Waals surface area contributed by atoms with Gasteiger partial charge in [0.1, 0.15) is 0 Å². The van der Waals surface area contributed by atoms with E-state index in [1.165, 1.54) is 11.1 Å². The highest BCUT2D eigenvalue weighted by atomic mass is 127. The fourth-order valence-electron chi connectivity index (χ4n) is 2.22. The number of nitrogens with two attached hydrogens (primary N) is 1. The SMILES string of the molecule is Cc1ccc(NC(N)=NCC2(C)CCCO2)cc1C.I. The van der Waals surface area contributed by atoms with E-state index in [1.807, 2.05) is 6.07 Å². The minimum absolute atomic E-state index is 0. The molecule has 112 valence electrons. The smallest absolute Gasteiger partial charge is 0.193 e. The summed E-state index contributed by atoms with van der Waals surface area (Å²) < 4.78 is 5.69. The average molecular weight is 389 g/mol. The Morgan fingerprint density at radius 1 is 1.40 bits per heavy atom. The van der Waals surface area contributed by atoms with Crippen LogP contribution in [0.1, 0.15) is 30.9 Å². The molecule has 1 aliphatic rings. The Morgan fingerprint density at radius 3 is 2.75 bits per heavy atom. The van der Waals surface area contributed by atoms with Crippen LogP contribution in [0.4, 0.5) is 5.69 Å². The Kier molecular flexibility index (Phi) is 6.26. The number of anilines is 1. The van der Waals surface area contributed by atoms with E-state index in [0.717, 1.165) is 25.1 Å². The summed E-state index contributed by atoms with van der Waals surface area (Å²) in [5.41, 5.74) is 9.26. The van der Waals surface area contributed by atoms with Gasteiger partial charge in [0.25, 0.3) is 0 Å². The van der Waals surface area contributed by atoms with Crippen molar-refractivity contribution in [3.8, 4) is 0 Å². The summed E-state index contributed by atoms with van der Waals surface area (Å²) in [5.74, 6) is 0.444. The van der Waals surface area contributed by atoms with E-state index in [4.69, 9.17) is 10.5 Å². The molecule has 4 nitrogen and oxygen atoms in total. The van der Waals surface area contributed by atoms with Crippen molar-refractivity contribution >= 4 is 35.6 Å². The molecule has 0 amide bonds. The van der Waals surface area contributed by atoms with Gasteiger partial charge in [0.05, 0.1) is 12.1 Å². The molecule has 3 N–H and O–H groups in total. The van der Waals surface area contributed by atoms with E-state index in [9.17, 15) is 0 Å². The zero-order valence-electron chi connectivity index (χ0n) is 12.4. The molecule has 0 radical (unpaired) electrons. The normalized spacial score (nSPS) is 22.4. The fraction of sp³-hybridized carbons (Fsp3) is 0.533. The minimum Gasteiger partial charge on any atom is -0.373 e. The molecule has 1 saturated heterocycles. The molecule has 1 unspecified atom stereocenters. The first-order chi connectivity index (χ1) is 8.98. The van der Waals surface area contributed by atoms with Gasteiger partial charge < -0.3 is 15.8 Å². The summed E-state index contributed by atoms with van der Waals surface area (Å²) in [5, 5.41) is 3.12. The van der Waals surface area contributed by atoms with Crippen molar-refractivity contribution in [2.45, 2.75) is 39.2 Å². The number of hydrogen-bond donors (Lipinski definition) is 2. The van der Waals surface area contributed by atoms with Crippen LogP contribution in [0.15, 0.2) is 23.2 Å². The summed E-state index contributed by atoms with van der Waals surface area (Å²) in [7, 11) is 0. The summed E-state index contributed by atoms with van der Waals surface area (Å²) in [6.07, 6.45) is 2.16. The van der Waals surface area contributed by atoms with Gasteiger partial charge in [-0.25, -0.2) is 0 Å². The first kappa shape index (κ1) is 17.2. The molecule has 0 aliphatic carbocycles. The second-order valence-corrected chi connectivity index (χ2v) is 5.53. The molecule has 1 aromatic rings. The van der Waals surface area contributed by atoms with Gasteiger partial charge in [-0.2, -0.15) is 0 Å². The fourth-order valence-corrected chi connectivity index (χ4v) is 2.22. The number of aliphatic imine (C=N–C) groups is 1. The van der Waals surface area contributed by atoms with E-state index in [1.54, 1.807) is 0 Å². The number of guanidine groups is 1. The van der Waals surface area contributed by atoms with Crippen molar-refractivity contribution in [1.29, 1.82) is 0 Å². The van der Waals surface area contributed by atoms with Crippen molar-refractivity contribution in [3.63, 3.8) is 0 Å². The van der Waals surface area contributed by atoms with E-state index < -0.39 is 0 Å². The van der Waals surface area contributed by atoms with Crippen LogP contribution in [-0.4, -0.2) is 24.7 Å². The number of nitrogens with zero attached hydrogens (tertiary/aromatic N) is 1. The zero-order valence-corrected chi connectivity index (χ0v) is 14.7. The Bertz CT molecular complexity index is 482. The lowest BCUT2D eigenvalue weighted by Gasteiger charge is -2.20. The number of aryl methyl sites for hydroxylation is 2. The quantitative estimate of drug-likeness (QED) is 0.474. The molecule has 1 aliphatic heterocycles. The van der Waals surface area contributed by atoms with E-state index in [0.29, 0.717) is 12.5 Å². The predicted molar refractivity (Wildman–Crippen MR) is 95.0 cm³/mol. The zero-order chi connectivity index (χ0) is 13.9. The van der Waals surface area contributed by atoms with Gasteiger partial charge >= 0.3 is 0 Å². The summed E-state index contributed by atoms with van der Waals surface area (Å²) in [6, 6.07) is 6.16. The maximum absolute atomic E-state index is 5.91. The summed E-state index contributed by atoms with van der Waals surface area (Å²) >= 11 is 0. The Hall–Kier alpha value is -0.820. The van der Waals surface area contributed by atoms with Crippen LogP contribution in [0.3, 0.4) is 0 Å². The highest BCUT2D eigenvalue weighted by Gasteiger charge is 2.29. The van der Waals surface area contributed by atoms with Crippen molar-refractivity contribution in [2.75, 3.05) is 18.5 Å². The van der Waals surface area contributed by atoms with E-state index in [-0.39, 0.29) is 29.6 Å². The van der Waals surface area contributed by atoms with Crippen molar-refractivity contribution < 1.29 is 4.74 Å². The lowest BCUT2D eigenvalue weighted by atomic mass is 10.0. The molecular weight excluding hydrogens is 365 g/mol. The van der Waals surface area contributed by atoms with Crippen LogP contribution in [-0.2, 0) is 4.74 Å². The third-order valence-corrected chi connectivity index (χ3v) is 3.66. The van der Waals surface area contributed by atoms with Crippen LogP contribution in [0.5, 0.6) is 0 Å². The Balaban J connectivity index is 0.00000200. The van der Waals surface area contributed by atoms with Gasteiger partial charge in [-0.05, 0) is 56.9 Å². The highest BCUT2D eigenvalue weighted by Crippen LogP contribution is 2.25. The number of nitrogens with one attached hydrogen (secondary N) is 1. The van der Waals surface area contributed by atoms with E-state index >= 15 is 0 Å². The molecule has 1 atom stereocenters. The lowest BCUT2D eigenvalue weighted by Crippen LogP contribution is -2.30. The first-order valence-electron chi connectivity index (χ1n) is 6.77. The predicted octanol–water partition coefficient (Wildman–Crippen LogP) is 3.22. The van der Waals surface area contributed by atoms with Crippen LogP contribution >= 0.6 is 24.0 Å². The molecule has 1 aromatic carbocycles. The van der Waals surface area contributed by atoms with Crippen LogP contribution in [0.25, 0.3) is 0 Å². The third kappa shape index (κ3) is 4.63. The molecule has 1 fully saturated rings. The van der Waals surface area contributed by atoms with Gasteiger partial charge in [0.15, 0.2) is 5.96 Å². The summed E-state index contributed by atoms with van der Waals surface area (Å²) in [4.78, 5) is 4.38. The minimum atomic E-state index is -0.143. The molecule has 2 rings (SSSR count). The number of hydrogen-bond acceptors (Lipinski definition) is 2. The molecule has 0 aromatic heterocycles. The molecular formula is C15H24IN3O. The van der Waals surface area contributed by atoms with Crippen LogP contribution in [0, 0.1) is 13.8 Å². The molecule has 20 heavy (non-hydrogen) atoms. The van der Waals surface area contributed by atoms with Gasteiger partial charge in [-0.1, -0.05) is 6.07 Å². The van der Waals surface area contributed by atoms with Crippen LogP contribution < -0.4 is 11.1 Å². The number of benzene rings is 1. The second kappa shape index (κ2) is 7.26. The van der Waals surface area contributed by atoms with Crippen LogP contribution in [0.2, 0.25) is 0 Å². The molecule has 1 heterocycles. The first-order valence-corrected chi connectivity index (χ1v) is 6.77. The van der Waals surface area contributed by atoms with Gasteiger partial charge in [-0.15, -0.1) is 24.0 Å². The summed E-state index contributed by atoms with van der Waals surface area (Å²) in [6.45, 7) is 7.70. The maximum Gasteiger partial charge on any atom is 0.193 e. The topological polar surface area (TPSA) is 59.6 Å². The number of halogens is 1. The van der Waals surface area contributed by atoms with Crippen molar-refractivity contribution in [1.82, 2.24) is 0 Å². The Labute approximate surface area is 138 Å². The largest absolute Gasteiger partial charge is 0.373 e. The molecule has 5 heteroatoms. The Morgan fingerprint density at radius 2 is 2.15 bits per heavy atom. The average Bonchev–Trinajstić information content (AvgIpc) is 2.79. The van der Waals surface area contributed by atoms with Gasteiger partial charge in [0.2, 0.25) is 0 Å². The van der Waals surface area contributed by atoms with Crippen molar-refractivity contribution in [3.05, 3.63) is 29.3 Å². The number of rotatable bonds is 3. The van der Waals surface area contributed by atoms with E-state index in [2.05, 4.69) is 43.2 Å². The number of ether oxygens (including phenoxy) is 1. The highest BCUT2D eigenvalue weighted by molar-refractivity contribution is 14.0. The third-order valence-electron chi connectivity index (χ3n) is 3.66. The monoisotopic (exact) mass is 389 g/mol. The lowest BCUT2D eigenvalue weighted by molar-refractivity contribution is 0.0284.